The fraction of sp³-hybridized carbons (Fsp3) is 0.294. The zero-order valence-corrected chi connectivity index (χ0v) is 14.8. The van der Waals surface area contributed by atoms with Crippen LogP contribution < -0.4 is 4.74 Å². The van der Waals surface area contributed by atoms with E-state index < -0.39 is 12.1 Å². The second-order valence-electron chi connectivity index (χ2n) is 5.56. The Morgan fingerprint density at radius 1 is 1.32 bits per heavy atom. The first-order chi connectivity index (χ1) is 11.9. The molecule has 3 rings (SSSR count). The summed E-state index contributed by atoms with van der Waals surface area (Å²) in [6.45, 7) is 3.32. The summed E-state index contributed by atoms with van der Waals surface area (Å²) in [4.78, 5) is 20.3. The number of aromatic nitrogens is 4. The van der Waals surface area contributed by atoms with E-state index in [4.69, 9.17) is 21.1 Å². The molecule has 0 spiro atoms. The van der Waals surface area contributed by atoms with Crippen LogP contribution in [0, 0.1) is 6.92 Å². The minimum Gasteiger partial charge on any atom is -0.461 e. The van der Waals surface area contributed by atoms with Gasteiger partial charge in [0.15, 0.2) is 18.5 Å². The number of hydrogen-bond donors (Lipinski definition) is 0. The van der Waals surface area contributed by atoms with Crippen LogP contribution in [-0.4, -0.2) is 31.8 Å². The van der Waals surface area contributed by atoms with Crippen molar-refractivity contribution in [3.05, 3.63) is 47.0 Å². The molecule has 2 heterocycles. The van der Waals surface area contributed by atoms with E-state index in [0.29, 0.717) is 22.6 Å². The topological polar surface area (TPSA) is 79.1 Å². The van der Waals surface area contributed by atoms with Crippen LogP contribution >= 0.6 is 11.6 Å². The van der Waals surface area contributed by atoms with E-state index in [1.807, 2.05) is 31.3 Å². The first-order valence-electron chi connectivity index (χ1n) is 7.69. The van der Waals surface area contributed by atoms with Crippen molar-refractivity contribution in [1.29, 1.82) is 0 Å². The van der Waals surface area contributed by atoms with E-state index in [-0.39, 0.29) is 6.61 Å². The molecule has 0 aliphatic rings. The summed E-state index contributed by atoms with van der Waals surface area (Å²) >= 11 is 5.87. The summed E-state index contributed by atoms with van der Waals surface area (Å²) < 4.78 is 12.6. The van der Waals surface area contributed by atoms with Gasteiger partial charge in [-0.2, -0.15) is 0 Å². The van der Waals surface area contributed by atoms with Gasteiger partial charge in [0.05, 0.1) is 10.9 Å². The van der Waals surface area contributed by atoms with Crippen molar-refractivity contribution >= 4 is 28.5 Å². The molecule has 0 bridgehead atoms. The fourth-order valence-electron chi connectivity index (χ4n) is 2.39. The molecule has 8 heteroatoms. The Hall–Kier alpha value is -2.67. The molecule has 0 saturated carbocycles. The van der Waals surface area contributed by atoms with Crippen molar-refractivity contribution in [3.63, 3.8) is 0 Å². The number of nitrogens with zero attached hydrogens (tertiary/aromatic N) is 4. The highest BCUT2D eigenvalue weighted by molar-refractivity contribution is 6.29. The quantitative estimate of drug-likeness (QED) is 0.514. The molecule has 25 heavy (non-hydrogen) atoms. The number of hydrogen-bond acceptors (Lipinski definition) is 6. The summed E-state index contributed by atoms with van der Waals surface area (Å²) in [5.41, 5.74) is 1.62. The van der Waals surface area contributed by atoms with Gasteiger partial charge in [-0.25, -0.2) is 14.8 Å². The van der Waals surface area contributed by atoms with Gasteiger partial charge in [-0.1, -0.05) is 23.7 Å². The van der Waals surface area contributed by atoms with Crippen LogP contribution in [0.1, 0.15) is 18.4 Å². The Labute approximate surface area is 149 Å². The van der Waals surface area contributed by atoms with E-state index >= 15 is 0 Å². The summed E-state index contributed by atoms with van der Waals surface area (Å²) in [5.74, 6) is 0.196. The maximum absolute atomic E-state index is 12.2. The standard InChI is InChI=1S/C17H17ClN4O3/c1-10-8-14(18)20-15(19-10)9-24-17(23)11(2)25-16-12-6-4-5-7-13(12)22(3)21-16/h4-8,11H,9H2,1-3H3/t11-/m1/s1. The Morgan fingerprint density at radius 3 is 2.84 bits per heavy atom. The number of fused-ring (bicyclic) bond motifs is 1. The van der Waals surface area contributed by atoms with E-state index in [2.05, 4.69) is 15.1 Å². The molecule has 0 radical (unpaired) electrons. The maximum atomic E-state index is 12.2. The number of carbonyl (C=O) groups excluding carboxylic acids is 1. The molecular weight excluding hydrogens is 344 g/mol. The number of carbonyl (C=O) groups is 1. The number of benzene rings is 1. The molecule has 1 atom stereocenters. The minimum absolute atomic E-state index is 0.0725. The molecule has 3 aromatic rings. The van der Waals surface area contributed by atoms with E-state index in [1.54, 1.807) is 24.6 Å². The fourth-order valence-corrected chi connectivity index (χ4v) is 2.65. The van der Waals surface area contributed by atoms with Crippen molar-refractivity contribution < 1.29 is 14.3 Å². The molecule has 130 valence electrons. The lowest BCUT2D eigenvalue weighted by Gasteiger charge is -2.12. The second kappa shape index (κ2) is 7.06. The first kappa shape index (κ1) is 17.2. The number of halogens is 1. The average molecular weight is 361 g/mol. The molecule has 2 aromatic heterocycles. The number of ether oxygens (including phenoxy) is 2. The summed E-state index contributed by atoms with van der Waals surface area (Å²) in [6, 6.07) is 9.25. The van der Waals surface area contributed by atoms with E-state index in [9.17, 15) is 4.79 Å². The van der Waals surface area contributed by atoms with Crippen LogP contribution in [0.2, 0.25) is 5.15 Å². The molecule has 0 aliphatic carbocycles. The van der Waals surface area contributed by atoms with Gasteiger partial charge in [-0.05, 0) is 32.0 Å². The van der Waals surface area contributed by atoms with E-state index in [1.165, 1.54) is 0 Å². The number of rotatable bonds is 5. The lowest BCUT2D eigenvalue weighted by atomic mass is 10.2. The van der Waals surface area contributed by atoms with Gasteiger partial charge in [-0.3, -0.25) is 4.68 Å². The van der Waals surface area contributed by atoms with Crippen molar-refractivity contribution in [2.45, 2.75) is 26.6 Å². The molecule has 7 nitrogen and oxygen atoms in total. The third-order valence-electron chi connectivity index (χ3n) is 3.56. The minimum atomic E-state index is -0.821. The molecule has 0 fully saturated rings. The van der Waals surface area contributed by atoms with Crippen LogP contribution in [0.3, 0.4) is 0 Å². The molecule has 0 aliphatic heterocycles. The Balaban J connectivity index is 1.66. The summed E-state index contributed by atoms with van der Waals surface area (Å²) in [5, 5.41) is 5.44. The predicted molar refractivity (Wildman–Crippen MR) is 92.4 cm³/mol. The molecule has 1 aromatic carbocycles. The zero-order valence-electron chi connectivity index (χ0n) is 14.1. The number of para-hydroxylation sites is 1. The van der Waals surface area contributed by atoms with Gasteiger partial charge in [0.1, 0.15) is 5.15 Å². The Morgan fingerprint density at radius 2 is 2.08 bits per heavy atom. The first-order valence-corrected chi connectivity index (χ1v) is 8.07. The second-order valence-corrected chi connectivity index (χ2v) is 5.95. The highest BCUT2D eigenvalue weighted by Gasteiger charge is 2.20. The van der Waals surface area contributed by atoms with Crippen molar-refractivity contribution in [2.75, 3.05) is 0 Å². The van der Waals surface area contributed by atoms with E-state index in [0.717, 1.165) is 10.9 Å². The lowest BCUT2D eigenvalue weighted by Crippen LogP contribution is -2.26. The number of esters is 1. The Bertz CT molecular complexity index is 905. The maximum Gasteiger partial charge on any atom is 0.347 e. The van der Waals surface area contributed by atoms with Gasteiger partial charge < -0.3 is 9.47 Å². The summed E-state index contributed by atoms with van der Waals surface area (Å²) in [7, 11) is 1.82. The van der Waals surface area contributed by atoms with Crippen molar-refractivity contribution in [3.8, 4) is 5.88 Å². The van der Waals surface area contributed by atoms with Gasteiger partial charge in [0.2, 0.25) is 5.88 Å². The molecular formula is C17H17ClN4O3. The van der Waals surface area contributed by atoms with Crippen molar-refractivity contribution in [1.82, 2.24) is 19.7 Å². The third kappa shape index (κ3) is 3.88. The predicted octanol–water partition coefficient (Wildman–Crippen LogP) is 2.84. The highest BCUT2D eigenvalue weighted by atomic mass is 35.5. The smallest absolute Gasteiger partial charge is 0.347 e. The van der Waals surface area contributed by atoms with Crippen LogP contribution in [0.4, 0.5) is 0 Å². The molecule has 0 amide bonds. The SMILES string of the molecule is Cc1cc(Cl)nc(COC(=O)[C@@H](C)Oc2nn(C)c3ccccc23)n1. The average Bonchev–Trinajstić information content (AvgIpc) is 2.88. The Kier molecular flexibility index (Phi) is 4.85. The monoisotopic (exact) mass is 360 g/mol. The molecule has 0 N–H and O–H groups in total. The van der Waals surface area contributed by atoms with Crippen LogP contribution in [-0.2, 0) is 23.2 Å². The van der Waals surface area contributed by atoms with Crippen LogP contribution in [0.15, 0.2) is 30.3 Å². The lowest BCUT2D eigenvalue weighted by molar-refractivity contribution is -0.152. The van der Waals surface area contributed by atoms with Gasteiger partial charge in [0.25, 0.3) is 0 Å². The zero-order chi connectivity index (χ0) is 18.0. The highest BCUT2D eigenvalue weighted by Crippen LogP contribution is 2.24. The van der Waals surface area contributed by atoms with Crippen molar-refractivity contribution in [2.24, 2.45) is 7.05 Å². The van der Waals surface area contributed by atoms with Crippen LogP contribution in [0.25, 0.3) is 10.9 Å². The van der Waals surface area contributed by atoms with Crippen LogP contribution in [0.5, 0.6) is 5.88 Å². The third-order valence-corrected chi connectivity index (χ3v) is 3.75. The summed E-state index contributed by atoms with van der Waals surface area (Å²) in [6.07, 6.45) is -0.821. The largest absolute Gasteiger partial charge is 0.461 e. The number of aryl methyl sites for hydroxylation is 2. The molecule has 0 unspecified atom stereocenters. The van der Waals surface area contributed by atoms with Gasteiger partial charge >= 0.3 is 5.97 Å². The molecule has 0 saturated heterocycles. The normalized spacial score (nSPS) is 12.2. The van der Waals surface area contributed by atoms with Gasteiger partial charge in [0, 0.05) is 12.7 Å². The van der Waals surface area contributed by atoms with Gasteiger partial charge in [-0.15, -0.1) is 5.10 Å².